The van der Waals surface area contributed by atoms with Crippen LogP contribution in [0.4, 0.5) is 0 Å². The van der Waals surface area contributed by atoms with E-state index in [-0.39, 0.29) is 5.78 Å². The highest BCUT2D eigenvalue weighted by atomic mass is 16.7. The third kappa shape index (κ3) is 9.53. The van der Waals surface area contributed by atoms with Gasteiger partial charge in [-0.15, -0.1) is 0 Å². The van der Waals surface area contributed by atoms with E-state index in [9.17, 15) is 4.79 Å². The lowest BCUT2D eigenvalue weighted by molar-refractivity contribution is -0.131. The quantitative estimate of drug-likeness (QED) is 0.239. The minimum atomic E-state index is -0.793. The van der Waals surface area contributed by atoms with Crippen molar-refractivity contribution in [3.05, 3.63) is 35.9 Å². The van der Waals surface area contributed by atoms with E-state index in [1.54, 1.807) is 0 Å². The zero-order chi connectivity index (χ0) is 19.9. The Morgan fingerprint density at radius 3 is 1.70 bits per heavy atom. The largest absolute Gasteiger partial charge is 0.345 e. The second kappa shape index (κ2) is 14.8. The minimum absolute atomic E-state index is 0.0636. The standard InChI is InChI=1S/C24H40O3/c1-5-9-14-20(7-3)18-26-24(23(25)22-16-12-11-13-17-22)27-19-21(8-4)15-10-6-2/h11-13,16-17,20-21,24H,5-10,14-15,18-19H2,1-4H3. The number of rotatable bonds is 16. The van der Waals surface area contributed by atoms with Gasteiger partial charge in [-0.1, -0.05) is 96.6 Å². The first-order valence-corrected chi connectivity index (χ1v) is 11.0. The van der Waals surface area contributed by atoms with Gasteiger partial charge < -0.3 is 9.47 Å². The van der Waals surface area contributed by atoms with Gasteiger partial charge in [0.1, 0.15) is 0 Å². The predicted octanol–water partition coefficient (Wildman–Crippen LogP) is 6.66. The molecule has 0 N–H and O–H groups in total. The molecule has 27 heavy (non-hydrogen) atoms. The summed E-state index contributed by atoms with van der Waals surface area (Å²) in [7, 11) is 0. The molecular weight excluding hydrogens is 336 g/mol. The van der Waals surface area contributed by atoms with Gasteiger partial charge in [0.15, 0.2) is 0 Å². The van der Waals surface area contributed by atoms with Gasteiger partial charge in [0.25, 0.3) is 0 Å². The van der Waals surface area contributed by atoms with E-state index >= 15 is 0 Å². The number of ether oxygens (including phenoxy) is 2. The summed E-state index contributed by atoms with van der Waals surface area (Å²) in [6.45, 7) is 9.98. The van der Waals surface area contributed by atoms with Crippen LogP contribution in [0.1, 0.15) is 89.4 Å². The van der Waals surface area contributed by atoms with E-state index in [4.69, 9.17) is 9.47 Å². The molecule has 2 atom stereocenters. The Morgan fingerprint density at radius 1 is 0.815 bits per heavy atom. The maximum absolute atomic E-state index is 12.9. The van der Waals surface area contributed by atoms with Gasteiger partial charge in [0, 0.05) is 5.56 Å². The molecule has 0 amide bonds. The van der Waals surface area contributed by atoms with Crippen molar-refractivity contribution >= 4 is 5.78 Å². The second-order valence-corrected chi connectivity index (χ2v) is 7.56. The van der Waals surface area contributed by atoms with Crippen molar-refractivity contribution in [3.63, 3.8) is 0 Å². The molecule has 0 saturated carbocycles. The van der Waals surface area contributed by atoms with Gasteiger partial charge in [-0.25, -0.2) is 0 Å². The number of hydrogen-bond acceptors (Lipinski definition) is 3. The van der Waals surface area contributed by atoms with Crippen molar-refractivity contribution in [1.29, 1.82) is 0 Å². The lowest BCUT2D eigenvalue weighted by Crippen LogP contribution is -2.31. The lowest BCUT2D eigenvalue weighted by atomic mass is 10.0. The highest BCUT2D eigenvalue weighted by Gasteiger charge is 2.24. The molecule has 1 rings (SSSR count). The van der Waals surface area contributed by atoms with Crippen LogP contribution in [-0.4, -0.2) is 25.3 Å². The minimum Gasteiger partial charge on any atom is -0.345 e. The predicted molar refractivity (Wildman–Crippen MR) is 113 cm³/mol. The van der Waals surface area contributed by atoms with Gasteiger partial charge in [-0.05, 0) is 24.7 Å². The van der Waals surface area contributed by atoms with E-state index < -0.39 is 6.29 Å². The summed E-state index contributed by atoms with van der Waals surface area (Å²) in [5.74, 6) is 0.912. The summed E-state index contributed by atoms with van der Waals surface area (Å²) in [6.07, 6.45) is 8.42. The zero-order valence-corrected chi connectivity index (χ0v) is 17.9. The van der Waals surface area contributed by atoms with E-state index in [1.165, 1.54) is 25.7 Å². The SMILES string of the molecule is CCCCC(CC)COC(OCC(CC)CCCC)C(=O)c1ccccc1. The monoisotopic (exact) mass is 376 g/mol. The van der Waals surface area contributed by atoms with Gasteiger partial charge in [-0.3, -0.25) is 4.79 Å². The van der Waals surface area contributed by atoms with E-state index in [2.05, 4.69) is 27.7 Å². The van der Waals surface area contributed by atoms with Crippen LogP contribution in [0, 0.1) is 11.8 Å². The molecule has 3 heteroatoms. The van der Waals surface area contributed by atoms with Gasteiger partial charge in [-0.2, -0.15) is 0 Å². The Hall–Kier alpha value is -1.19. The summed E-state index contributed by atoms with van der Waals surface area (Å²) in [4.78, 5) is 12.9. The van der Waals surface area contributed by atoms with Crippen molar-refractivity contribution in [3.8, 4) is 0 Å². The fourth-order valence-electron chi connectivity index (χ4n) is 3.18. The topological polar surface area (TPSA) is 35.5 Å². The summed E-state index contributed by atoms with van der Waals surface area (Å²) in [5.41, 5.74) is 0.658. The van der Waals surface area contributed by atoms with Crippen LogP contribution in [0.15, 0.2) is 30.3 Å². The Labute approximate surface area is 166 Å². The Kier molecular flexibility index (Phi) is 13.1. The van der Waals surface area contributed by atoms with Crippen LogP contribution in [-0.2, 0) is 9.47 Å². The number of benzene rings is 1. The number of hydrogen-bond donors (Lipinski definition) is 0. The number of carbonyl (C=O) groups excluding carboxylic acids is 1. The zero-order valence-electron chi connectivity index (χ0n) is 17.9. The summed E-state index contributed by atoms with van der Waals surface area (Å²) < 4.78 is 12.1. The third-order valence-corrected chi connectivity index (χ3v) is 5.33. The van der Waals surface area contributed by atoms with Crippen molar-refractivity contribution < 1.29 is 14.3 Å². The first kappa shape index (κ1) is 23.8. The first-order chi connectivity index (χ1) is 13.2. The molecule has 3 nitrogen and oxygen atoms in total. The Bertz CT molecular complexity index is 466. The molecule has 0 bridgehead atoms. The third-order valence-electron chi connectivity index (χ3n) is 5.33. The maximum atomic E-state index is 12.9. The average Bonchev–Trinajstić information content (AvgIpc) is 2.72. The fraction of sp³-hybridized carbons (Fsp3) is 0.708. The van der Waals surface area contributed by atoms with E-state index in [0.717, 1.165) is 25.7 Å². The van der Waals surface area contributed by atoms with Crippen molar-refractivity contribution in [2.75, 3.05) is 13.2 Å². The molecule has 0 aliphatic heterocycles. The normalized spacial score (nSPS) is 14.7. The molecular formula is C24H40O3. The number of Topliss-reactive ketones (excluding diaryl/α,β-unsaturated/α-hetero) is 1. The molecule has 0 aliphatic carbocycles. The van der Waals surface area contributed by atoms with Crippen LogP contribution in [0.25, 0.3) is 0 Å². The molecule has 0 spiro atoms. The highest BCUT2D eigenvalue weighted by molar-refractivity contribution is 5.98. The van der Waals surface area contributed by atoms with Crippen LogP contribution in [0.3, 0.4) is 0 Å². The summed E-state index contributed by atoms with van der Waals surface area (Å²) in [6, 6.07) is 9.37. The molecule has 0 fully saturated rings. The molecule has 0 radical (unpaired) electrons. The molecule has 2 unspecified atom stereocenters. The number of carbonyl (C=O) groups is 1. The number of ketones is 1. The molecule has 1 aromatic carbocycles. The summed E-state index contributed by atoms with van der Waals surface area (Å²) >= 11 is 0. The fourth-order valence-corrected chi connectivity index (χ4v) is 3.18. The lowest BCUT2D eigenvalue weighted by Gasteiger charge is -2.23. The molecule has 0 saturated heterocycles. The van der Waals surface area contributed by atoms with E-state index in [1.807, 2.05) is 30.3 Å². The average molecular weight is 377 g/mol. The number of unbranched alkanes of at least 4 members (excludes halogenated alkanes) is 2. The van der Waals surface area contributed by atoms with Gasteiger partial charge in [0.05, 0.1) is 13.2 Å². The highest BCUT2D eigenvalue weighted by Crippen LogP contribution is 2.18. The molecule has 0 heterocycles. The van der Waals surface area contributed by atoms with E-state index in [0.29, 0.717) is 30.6 Å². The molecule has 0 aliphatic rings. The Balaban J connectivity index is 2.71. The van der Waals surface area contributed by atoms with Crippen LogP contribution in [0.5, 0.6) is 0 Å². The van der Waals surface area contributed by atoms with Crippen molar-refractivity contribution in [1.82, 2.24) is 0 Å². The van der Waals surface area contributed by atoms with Crippen molar-refractivity contribution in [2.45, 2.75) is 85.4 Å². The molecule has 1 aromatic rings. The summed E-state index contributed by atoms with van der Waals surface area (Å²) in [5, 5.41) is 0. The van der Waals surface area contributed by atoms with Gasteiger partial charge in [0.2, 0.25) is 12.1 Å². The first-order valence-electron chi connectivity index (χ1n) is 11.0. The second-order valence-electron chi connectivity index (χ2n) is 7.56. The smallest absolute Gasteiger partial charge is 0.222 e. The maximum Gasteiger partial charge on any atom is 0.222 e. The molecule has 0 aromatic heterocycles. The van der Waals surface area contributed by atoms with Crippen molar-refractivity contribution in [2.24, 2.45) is 11.8 Å². The van der Waals surface area contributed by atoms with Crippen LogP contribution in [0.2, 0.25) is 0 Å². The van der Waals surface area contributed by atoms with Gasteiger partial charge >= 0.3 is 0 Å². The molecule has 154 valence electrons. The van der Waals surface area contributed by atoms with Crippen LogP contribution < -0.4 is 0 Å². The van der Waals surface area contributed by atoms with Crippen LogP contribution >= 0.6 is 0 Å². The Morgan fingerprint density at radius 2 is 1.30 bits per heavy atom.